The lowest BCUT2D eigenvalue weighted by molar-refractivity contribution is -0.135. The second-order valence-electron chi connectivity index (χ2n) is 1.27. The van der Waals surface area contributed by atoms with Crippen LogP contribution in [-0.2, 0) is 9.53 Å². The van der Waals surface area contributed by atoms with Crippen LogP contribution in [0.25, 0.3) is 0 Å². The van der Waals surface area contributed by atoms with E-state index in [1.807, 2.05) is 0 Å². The van der Waals surface area contributed by atoms with Crippen molar-refractivity contribution < 1.29 is 9.53 Å². The van der Waals surface area contributed by atoms with E-state index in [1.54, 1.807) is 6.92 Å². The lowest BCUT2D eigenvalue weighted by Crippen LogP contribution is -1.98. The number of ether oxygens (including phenoxy) is 1. The van der Waals surface area contributed by atoms with Gasteiger partial charge in [-0.25, -0.2) is 4.79 Å². The quantitative estimate of drug-likeness (QED) is 0.411. The molecule has 0 aliphatic rings. The van der Waals surface area contributed by atoms with E-state index in [0.717, 1.165) is 0 Å². The van der Waals surface area contributed by atoms with Crippen LogP contribution in [0.5, 0.6) is 0 Å². The minimum Gasteiger partial charge on any atom is -0.466 e. The number of rotatable bonds is 1. The van der Waals surface area contributed by atoms with E-state index in [0.29, 0.717) is 5.57 Å². The summed E-state index contributed by atoms with van der Waals surface area (Å²) in [6, 6.07) is 0. The summed E-state index contributed by atoms with van der Waals surface area (Å²) in [7, 11) is 1.33. The minimum absolute atomic E-state index is 0.347. The topological polar surface area (TPSA) is 26.3 Å². The van der Waals surface area contributed by atoms with Crippen molar-refractivity contribution in [2.45, 2.75) is 6.92 Å². The zero-order valence-electron chi connectivity index (χ0n) is 5.28. The Morgan fingerprint density at radius 3 is 1.89 bits per heavy atom. The molecule has 0 saturated heterocycles. The van der Waals surface area contributed by atoms with Gasteiger partial charge in [0.15, 0.2) is 0 Å². The van der Waals surface area contributed by atoms with Crippen LogP contribution in [0.1, 0.15) is 6.92 Å². The van der Waals surface area contributed by atoms with Gasteiger partial charge in [0.1, 0.15) is 0 Å². The number of hydrogen-bond acceptors (Lipinski definition) is 2. The van der Waals surface area contributed by atoms with Gasteiger partial charge in [0, 0.05) is 42.8 Å². The summed E-state index contributed by atoms with van der Waals surface area (Å²) in [5.74, 6) is -0.347. The second-order valence-corrected chi connectivity index (χ2v) is 1.27. The van der Waals surface area contributed by atoms with Crippen molar-refractivity contribution in [3.05, 3.63) is 12.2 Å². The Hall–Kier alpha value is 0.670. The molecule has 0 aromatic carbocycles. The average molecular weight is 354 g/mol. The fourth-order valence-corrected chi connectivity index (χ4v) is 0.174. The van der Waals surface area contributed by atoms with Crippen molar-refractivity contribution in [1.82, 2.24) is 0 Å². The largest absolute Gasteiger partial charge is 0.466 e. The predicted octanol–water partition coefficient (Wildman–Crippen LogP) is 2.51. The van der Waals surface area contributed by atoms with E-state index in [2.05, 4.69) is 48.5 Å². The van der Waals surface area contributed by atoms with Crippen LogP contribution in [0.15, 0.2) is 12.2 Å². The van der Waals surface area contributed by atoms with E-state index in [4.69, 9.17) is 0 Å². The van der Waals surface area contributed by atoms with Crippen molar-refractivity contribution in [3.63, 3.8) is 0 Å². The molecular weight excluding hydrogens is 346 g/mol. The number of hydrogen-bond donors (Lipinski definition) is 0. The van der Waals surface area contributed by atoms with Gasteiger partial charge in [0.05, 0.1) is 7.11 Å². The normalized spacial score (nSPS) is 6.67. The van der Waals surface area contributed by atoms with E-state index in [-0.39, 0.29) is 5.97 Å². The molecule has 0 N–H and O–H groups in total. The first-order chi connectivity index (χ1) is 4.18. The molecule has 0 fully saturated rings. The third-order valence-electron chi connectivity index (χ3n) is 0.534. The molecule has 4 heteroatoms. The van der Waals surface area contributed by atoms with Crippen molar-refractivity contribution >= 4 is 43.2 Å². The highest BCUT2D eigenvalue weighted by Crippen LogP contribution is 1.89. The van der Waals surface area contributed by atoms with Crippen molar-refractivity contribution in [1.29, 1.82) is 0 Å². The van der Waals surface area contributed by atoms with Crippen molar-refractivity contribution in [2.75, 3.05) is 7.11 Å². The molecule has 0 radical (unpaired) electrons. The van der Waals surface area contributed by atoms with E-state index in [1.165, 1.54) is 7.11 Å². The number of carbonyl (C=O) groups is 1. The smallest absolute Gasteiger partial charge is 0.332 e. The van der Waals surface area contributed by atoms with E-state index >= 15 is 0 Å². The Labute approximate surface area is 78.4 Å². The maximum atomic E-state index is 10.2. The average Bonchev–Trinajstić information content (AvgIpc) is 1.91. The fourth-order valence-electron chi connectivity index (χ4n) is 0.174. The summed E-state index contributed by atoms with van der Waals surface area (Å²) < 4.78 is 4.27. The van der Waals surface area contributed by atoms with Crippen LogP contribution in [-0.4, -0.2) is 13.1 Å². The summed E-state index contributed by atoms with van der Waals surface area (Å²) in [5.41, 5.74) is 0.433. The van der Waals surface area contributed by atoms with Crippen molar-refractivity contribution in [2.24, 2.45) is 0 Å². The minimum atomic E-state index is -0.347. The third kappa shape index (κ3) is 8.67. The summed E-state index contributed by atoms with van der Waals surface area (Å²) in [6.45, 7) is 4.95. The maximum Gasteiger partial charge on any atom is 0.332 e. The van der Waals surface area contributed by atoms with Crippen LogP contribution in [0.4, 0.5) is 0 Å². The molecule has 0 aliphatic carbocycles. The van der Waals surface area contributed by atoms with Crippen LogP contribution < -0.4 is 0 Å². The molecule has 0 saturated carbocycles. The van der Waals surface area contributed by atoms with Gasteiger partial charge in [0.2, 0.25) is 0 Å². The van der Waals surface area contributed by atoms with Gasteiger partial charge in [0.25, 0.3) is 0 Å². The summed E-state index contributed by atoms with van der Waals surface area (Å²) >= 11 is 4.24. The molecule has 54 valence electrons. The summed E-state index contributed by atoms with van der Waals surface area (Å²) in [5, 5.41) is 0. The molecule has 9 heavy (non-hydrogen) atoms. The molecule has 0 heterocycles. The van der Waals surface area contributed by atoms with Crippen LogP contribution in [0.3, 0.4) is 0 Å². The first-order valence-electron chi connectivity index (χ1n) is 2.06. The predicted molar refractivity (Wildman–Crippen MR) is 54.9 cm³/mol. The Bertz CT molecular complexity index is 101. The number of carbonyl (C=O) groups excluding carboxylic acids is 1. The highest BCUT2D eigenvalue weighted by Gasteiger charge is 1.95. The SMILES string of the molecule is C=C(C)C(=O)OC.II. The zero-order chi connectivity index (χ0) is 7.86. The lowest BCUT2D eigenvalue weighted by atomic mass is 10.4. The molecule has 0 bridgehead atoms. The zero-order valence-corrected chi connectivity index (χ0v) is 9.59. The van der Waals surface area contributed by atoms with Crippen LogP contribution >= 0.6 is 37.2 Å². The molecule has 0 spiro atoms. The van der Waals surface area contributed by atoms with Gasteiger partial charge in [-0.3, -0.25) is 0 Å². The van der Waals surface area contributed by atoms with Gasteiger partial charge in [-0.05, 0) is 6.92 Å². The van der Waals surface area contributed by atoms with Gasteiger partial charge in [-0.2, -0.15) is 0 Å². The summed E-state index contributed by atoms with van der Waals surface area (Å²) in [6.07, 6.45) is 0. The third-order valence-corrected chi connectivity index (χ3v) is 0.534. The highest BCUT2D eigenvalue weighted by atomic mass is 128. The van der Waals surface area contributed by atoms with Gasteiger partial charge < -0.3 is 4.74 Å². The van der Waals surface area contributed by atoms with Crippen molar-refractivity contribution in [3.8, 4) is 0 Å². The van der Waals surface area contributed by atoms with Gasteiger partial charge >= 0.3 is 5.97 Å². The van der Waals surface area contributed by atoms with Gasteiger partial charge in [-0.15, -0.1) is 0 Å². The maximum absolute atomic E-state index is 10.2. The van der Waals surface area contributed by atoms with E-state index in [9.17, 15) is 4.79 Å². The number of esters is 1. The summed E-state index contributed by atoms with van der Waals surface area (Å²) in [4.78, 5) is 10.2. The van der Waals surface area contributed by atoms with Crippen LogP contribution in [0, 0.1) is 0 Å². The molecule has 0 amide bonds. The van der Waals surface area contributed by atoms with E-state index < -0.39 is 0 Å². The highest BCUT2D eigenvalue weighted by molar-refractivity contribution is 15.0. The molecular formula is C5H8I2O2. The first-order valence-corrected chi connectivity index (χ1v) is 8.35. The lowest BCUT2D eigenvalue weighted by Gasteiger charge is -1.91. The Morgan fingerprint density at radius 2 is 1.89 bits per heavy atom. The number of halogens is 2. The Kier molecular flexibility index (Phi) is 11.9. The van der Waals surface area contributed by atoms with Crippen LogP contribution in [0.2, 0.25) is 0 Å². The molecule has 0 atom stereocenters. The van der Waals surface area contributed by atoms with Gasteiger partial charge in [-0.1, -0.05) is 6.58 Å². The Balaban J connectivity index is 0. The monoisotopic (exact) mass is 354 g/mol. The molecule has 2 nitrogen and oxygen atoms in total. The number of methoxy groups -OCH3 is 1. The molecule has 0 rings (SSSR count). The Morgan fingerprint density at radius 1 is 1.56 bits per heavy atom. The standard InChI is InChI=1S/C5H8O2.I2/c1-4(2)5(6)7-3;1-2/h1H2,2-3H3;. The molecule has 0 aromatic heterocycles. The molecule has 0 aliphatic heterocycles. The fraction of sp³-hybridized carbons (Fsp3) is 0.400. The molecule has 0 unspecified atom stereocenters. The first kappa shape index (κ1) is 12.4. The second kappa shape index (κ2) is 8.67. The molecule has 0 aromatic rings.